The van der Waals surface area contributed by atoms with Gasteiger partial charge in [0.15, 0.2) is 6.10 Å². The maximum Gasteiger partial charge on any atom is 0.335 e. The van der Waals surface area contributed by atoms with Gasteiger partial charge in [-0.3, -0.25) is 0 Å². The average molecular weight is 282 g/mol. The van der Waals surface area contributed by atoms with Gasteiger partial charge in [0, 0.05) is 13.0 Å². The molecule has 1 rings (SSSR count). The Morgan fingerprint density at radius 2 is 1.90 bits per heavy atom. The lowest BCUT2D eigenvalue weighted by molar-refractivity contribution is -0.156. The summed E-state index contributed by atoms with van der Waals surface area (Å²) in [5, 5.41) is 8.68. The molecule has 5 nitrogen and oxygen atoms in total. The average Bonchev–Trinajstić information content (AvgIpc) is 2.46. The van der Waals surface area contributed by atoms with E-state index >= 15 is 0 Å². The Morgan fingerprint density at radius 3 is 2.45 bits per heavy atom. The number of hydrogen-bond donors (Lipinski definition) is 1. The highest BCUT2D eigenvalue weighted by atomic mass is 16.6. The Hall–Kier alpha value is -1.59. The minimum atomic E-state index is -0.579. The van der Waals surface area contributed by atoms with E-state index in [1.165, 1.54) is 0 Å². The lowest BCUT2D eigenvalue weighted by Crippen LogP contribution is -2.28. The second-order valence-corrected chi connectivity index (χ2v) is 4.12. The van der Waals surface area contributed by atoms with Gasteiger partial charge in [0.1, 0.15) is 12.4 Å². The number of carbonyl (C=O) groups is 1. The van der Waals surface area contributed by atoms with E-state index in [1.54, 1.807) is 19.1 Å². The number of aliphatic hydroxyl groups excluding tert-OH is 1. The lowest BCUT2D eigenvalue weighted by Gasteiger charge is -2.15. The first-order valence-electron chi connectivity index (χ1n) is 6.82. The smallest absolute Gasteiger partial charge is 0.335 e. The molecule has 0 bridgehead atoms. The number of rotatable bonds is 9. The number of esters is 1. The first kappa shape index (κ1) is 16.5. The molecular weight excluding hydrogens is 260 g/mol. The molecule has 0 aliphatic heterocycles. The lowest BCUT2D eigenvalue weighted by atomic mass is 10.1. The van der Waals surface area contributed by atoms with Crippen molar-refractivity contribution in [2.24, 2.45) is 0 Å². The topological polar surface area (TPSA) is 65.0 Å². The van der Waals surface area contributed by atoms with Crippen molar-refractivity contribution in [1.29, 1.82) is 0 Å². The molecule has 1 aromatic carbocycles. The van der Waals surface area contributed by atoms with Gasteiger partial charge < -0.3 is 19.3 Å². The van der Waals surface area contributed by atoms with E-state index in [9.17, 15) is 4.79 Å². The van der Waals surface area contributed by atoms with E-state index in [4.69, 9.17) is 19.3 Å². The Kier molecular flexibility index (Phi) is 7.69. The third kappa shape index (κ3) is 5.59. The molecule has 0 amide bonds. The largest absolute Gasteiger partial charge is 0.491 e. The molecule has 5 heteroatoms. The van der Waals surface area contributed by atoms with Crippen molar-refractivity contribution < 1.29 is 24.1 Å². The summed E-state index contributed by atoms with van der Waals surface area (Å²) in [6.45, 7) is 4.67. The summed E-state index contributed by atoms with van der Waals surface area (Å²) in [5.41, 5.74) is 0.966. The number of ether oxygens (including phenoxy) is 3. The first-order valence-corrected chi connectivity index (χ1v) is 6.82. The van der Waals surface area contributed by atoms with Crippen LogP contribution in [0.15, 0.2) is 24.3 Å². The summed E-state index contributed by atoms with van der Waals surface area (Å²) in [4.78, 5) is 11.7. The Labute approximate surface area is 119 Å². The summed E-state index contributed by atoms with van der Waals surface area (Å²) in [7, 11) is 0. The molecular formula is C15H22O5. The maximum atomic E-state index is 11.7. The Balaban J connectivity index is 2.61. The van der Waals surface area contributed by atoms with E-state index in [0.29, 0.717) is 25.4 Å². The van der Waals surface area contributed by atoms with Gasteiger partial charge in [0.2, 0.25) is 0 Å². The molecule has 0 aliphatic rings. The van der Waals surface area contributed by atoms with Crippen LogP contribution in [-0.2, 0) is 20.7 Å². The van der Waals surface area contributed by atoms with Crippen molar-refractivity contribution in [2.75, 3.05) is 26.4 Å². The van der Waals surface area contributed by atoms with Crippen LogP contribution in [0.25, 0.3) is 0 Å². The van der Waals surface area contributed by atoms with Crippen LogP contribution in [0.2, 0.25) is 0 Å². The van der Waals surface area contributed by atoms with E-state index < -0.39 is 6.10 Å². The predicted molar refractivity (Wildman–Crippen MR) is 74.8 cm³/mol. The van der Waals surface area contributed by atoms with Gasteiger partial charge in [-0.05, 0) is 31.5 Å². The molecule has 0 aromatic heterocycles. The fourth-order valence-corrected chi connectivity index (χ4v) is 1.75. The number of benzene rings is 1. The van der Waals surface area contributed by atoms with Crippen LogP contribution in [0.5, 0.6) is 5.75 Å². The Morgan fingerprint density at radius 1 is 1.20 bits per heavy atom. The minimum absolute atomic E-state index is 0.0168. The molecule has 0 saturated heterocycles. The summed E-state index contributed by atoms with van der Waals surface area (Å²) in [5.74, 6) is 0.349. The molecule has 112 valence electrons. The molecule has 20 heavy (non-hydrogen) atoms. The van der Waals surface area contributed by atoms with Gasteiger partial charge in [-0.25, -0.2) is 4.79 Å². The molecule has 0 saturated carbocycles. The molecule has 0 heterocycles. The van der Waals surface area contributed by atoms with E-state index in [-0.39, 0.29) is 19.2 Å². The number of hydrogen-bond acceptors (Lipinski definition) is 5. The third-order valence-corrected chi connectivity index (χ3v) is 2.62. The number of carbonyl (C=O) groups excluding carboxylic acids is 1. The van der Waals surface area contributed by atoms with Gasteiger partial charge in [-0.15, -0.1) is 0 Å². The highest BCUT2D eigenvalue weighted by Gasteiger charge is 2.20. The van der Waals surface area contributed by atoms with Crippen molar-refractivity contribution in [3.8, 4) is 5.75 Å². The van der Waals surface area contributed by atoms with Gasteiger partial charge >= 0.3 is 5.97 Å². The molecule has 1 N–H and O–H groups in total. The highest BCUT2D eigenvalue weighted by molar-refractivity contribution is 5.75. The summed E-state index contributed by atoms with van der Waals surface area (Å²) in [6, 6.07) is 7.36. The van der Waals surface area contributed by atoms with Crippen LogP contribution in [0.4, 0.5) is 0 Å². The second-order valence-electron chi connectivity index (χ2n) is 4.12. The van der Waals surface area contributed by atoms with Crippen LogP contribution >= 0.6 is 0 Å². The monoisotopic (exact) mass is 282 g/mol. The Bertz CT molecular complexity index is 388. The van der Waals surface area contributed by atoms with Gasteiger partial charge in [0.05, 0.1) is 13.2 Å². The molecule has 0 radical (unpaired) electrons. The van der Waals surface area contributed by atoms with Crippen molar-refractivity contribution >= 4 is 5.97 Å². The normalized spacial score (nSPS) is 11.9. The summed E-state index contributed by atoms with van der Waals surface area (Å²) >= 11 is 0. The fraction of sp³-hybridized carbons (Fsp3) is 0.533. The predicted octanol–water partition coefficient (Wildman–Crippen LogP) is 1.57. The molecule has 0 unspecified atom stereocenters. The van der Waals surface area contributed by atoms with Crippen molar-refractivity contribution in [2.45, 2.75) is 26.4 Å². The zero-order valence-electron chi connectivity index (χ0n) is 12.0. The van der Waals surface area contributed by atoms with E-state index in [1.807, 2.05) is 19.1 Å². The zero-order chi connectivity index (χ0) is 14.8. The second kappa shape index (κ2) is 9.34. The number of aliphatic hydroxyl groups is 1. The van der Waals surface area contributed by atoms with Crippen molar-refractivity contribution in [3.05, 3.63) is 29.8 Å². The van der Waals surface area contributed by atoms with Crippen LogP contribution in [0.1, 0.15) is 19.4 Å². The molecule has 0 fully saturated rings. The van der Waals surface area contributed by atoms with Crippen molar-refractivity contribution in [1.82, 2.24) is 0 Å². The standard InChI is InChI=1S/C15H22O5/c1-3-18-14(15(17)19-4-2)11-12-5-7-13(8-6-12)20-10-9-16/h5-8,14,16H,3-4,9-11H2,1-2H3/t14-/m1/s1. The highest BCUT2D eigenvalue weighted by Crippen LogP contribution is 2.15. The van der Waals surface area contributed by atoms with Gasteiger partial charge in [0.25, 0.3) is 0 Å². The van der Waals surface area contributed by atoms with Gasteiger partial charge in [-0.1, -0.05) is 12.1 Å². The fourth-order valence-electron chi connectivity index (χ4n) is 1.75. The summed E-state index contributed by atoms with van der Waals surface area (Å²) < 4.78 is 15.7. The first-order chi connectivity index (χ1) is 9.71. The summed E-state index contributed by atoms with van der Waals surface area (Å²) in [6.07, 6.45) is -0.114. The third-order valence-electron chi connectivity index (χ3n) is 2.62. The van der Waals surface area contributed by atoms with Gasteiger partial charge in [-0.2, -0.15) is 0 Å². The molecule has 0 aliphatic carbocycles. The van der Waals surface area contributed by atoms with E-state index in [0.717, 1.165) is 5.56 Å². The maximum absolute atomic E-state index is 11.7. The molecule has 0 spiro atoms. The zero-order valence-corrected chi connectivity index (χ0v) is 12.0. The van der Waals surface area contributed by atoms with Crippen molar-refractivity contribution in [3.63, 3.8) is 0 Å². The SMILES string of the molecule is CCOC(=O)[C@@H](Cc1ccc(OCCO)cc1)OCC. The van der Waals surface area contributed by atoms with E-state index in [2.05, 4.69) is 0 Å². The molecule has 1 aromatic rings. The van der Waals surface area contributed by atoms with Crippen LogP contribution in [0.3, 0.4) is 0 Å². The minimum Gasteiger partial charge on any atom is -0.491 e. The van der Waals surface area contributed by atoms with Crippen LogP contribution < -0.4 is 4.74 Å². The van der Waals surface area contributed by atoms with Crippen LogP contribution in [0, 0.1) is 0 Å². The molecule has 1 atom stereocenters. The van der Waals surface area contributed by atoms with Crippen LogP contribution in [-0.4, -0.2) is 43.6 Å². The quantitative estimate of drug-likeness (QED) is 0.696.